The largest absolute Gasteiger partial charge is 0.394 e. The summed E-state index contributed by atoms with van der Waals surface area (Å²) in [5.41, 5.74) is 2.35. The van der Waals surface area contributed by atoms with Crippen LogP contribution in [-0.2, 0) is 12.8 Å². The van der Waals surface area contributed by atoms with Gasteiger partial charge >= 0.3 is 0 Å². The molecule has 1 fully saturated rings. The highest BCUT2D eigenvalue weighted by molar-refractivity contribution is 5.48. The van der Waals surface area contributed by atoms with E-state index >= 15 is 0 Å². The van der Waals surface area contributed by atoms with Gasteiger partial charge in [-0.1, -0.05) is 25.7 Å². The van der Waals surface area contributed by atoms with Gasteiger partial charge in [-0.2, -0.15) is 0 Å². The zero-order valence-corrected chi connectivity index (χ0v) is 12.2. The Morgan fingerprint density at radius 1 is 1.00 bits per heavy atom. The third-order valence-electron chi connectivity index (χ3n) is 4.87. The minimum absolute atomic E-state index is 0.160. The second kappa shape index (κ2) is 6.08. The normalized spacial score (nSPS) is 21.9. The van der Waals surface area contributed by atoms with Gasteiger partial charge in [0, 0.05) is 11.3 Å². The number of hydrogen-bond donors (Lipinski definition) is 2. The first-order chi connectivity index (χ1) is 9.83. The van der Waals surface area contributed by atoms with Gasteiger partial charge in [0.25, 0.3) is 0 Å². The third-order valence-corrected chi connectivity index (χ3v) is 4.87. The van der Waals surface area contributed by atoms with E-state index in [1.165, 1.54) is 49.8 Å². The summed E-state index contributed by atoms with van der Waals surface area (Å²) in [6.07, 6.45) is 13.3. The summed E-state index contributed by atoms with van der Waals surface area (Å²) in [5, 5.41) is 13.5. The summed E-state index contributed by atoms with van der Waals surface area (Å²) in [4.78, 5) is 8.96. The van der Waals surface area contributed by atoms with Crippen LogP contribution in [0.1, 0.15) is 62.6 Å². The van der Waals surface area contributed by atoms with E-state index in [0.717, 1.165) is 31.5 Å². The maximum atomic E-state index is 9.86. The minimum atomic E-state index is -0.160. The average Bonchev–Trinajstić information content (AvgIpc) is 2.74. The summed E-state index contributed by atoms with van der Waals surface area (Å²) in [5.74, 6) is 0.979. The molecule has 2 aliphatic rings. The first-order valence-corrected chi connectivity index (χ1v) is 8.05. The van der Waals surface area contributed by atoms with E-state index in [2.05, 4.69) is 15.3 Å². The van der Waals surface area contributed by atoms with Crippen LogP contribution in [0, 0.1) is 0 Å². The van der Waals surface area contributed by atoms with E-state index in [1.807, 2.05) is 0 Å². The summed E-state index contributed by atoms with van der Waals surface area (Å²) in [6, 6.07) is 0. The van der Waals surface area contributed by atoms with Crippen molar-refractivity contribution in [2.45, 2.75) is 69.7 Å². The number of aryl methyl sites for hydroxylation is 1. The molecule has 0 aromatic carbocycles. The molecule has 2 aliphatic carbocycles. The highest BCUT2D eigenvalue weighted by Crippen LogP contribution is 2.33. The zero-order chi connectivity index (χ0) is 13.8. The van der Waals surface area contributed by atoms with Crippen LogP contribution in [0.5, 0.6) is 0 Å². The van der Waals surface area contributed by atoms with E-state index in [-0.39, 0.29) is 12.1 Å². The topological polar surface area (TPSA) is 58.0 Å². The predicted molar refractivity (Wildman–Crippen MR) is 79.8 cm³/mol. The van der Waals surface area contributed by atoms with Crippen molar-refractivity contribution in [3.63, 3.8) is 0 Å². The lowest BCUT2D eigenvalue weighted by Gasteiger charge is -2.37. The smallest absolute Gasteiger partial charge is 0.133 e. The molecule has 0 bridgehead atoms. The van der Waals surface area contributed by atoms with E-state index < -0.39 is 0 Å². The predicted octanol–water partition coefficient (Wildman–Crippen LogP) is 2.85. The number of aliphatic hydroxyl groups excluding tert-OH is 1. The van der Waals surface area contributed by atoms with Crippen LogP contribution < -0.4 is 5.32 Å². The molecule has 0 radical (unpaired) electrons. The van der Waals surface area contributed by atoms with Gasteiger partial charge in [-0.25, -0.2) is 9.97 Å². The lowest BCUT2D eigenvalue weighted by molar-refractivity contribution is 0.172. The summed E-state index contributed by atoms with van der Waals surface area (Å²) in [6.45, 7) is 0.200. The molecule has 2 N–H and O–H groups in total. The lowest BCUT2D eigenvalue weighted by atomic mass is 9.82. The van der Waals surface area contributed by atoms with Crippen LogP contribution in [0.3, 0.4) is 0 Å². The molecule has 0 atom stereocenters. The molecule has 0 spiro atoms. The third kappa shape index (κ3) is 2.80. The average molecular weight is 275 g/mol. The molecule has 1 heterocycles. The number of fused-ring (bicyclic) bond motifs is 1. The number of anilines is 1. The van der Waals surface area contributed by atoms with Crippen molar-refractivity contribution in [2.75, 3.05) is 11.9 Å². The molecule has 4 heteroatoms. The Labute approximate surface area is 121 Å². The number of rotatable bonds is 3. The molecule has 0 aliphatic heterocycles. The number of hydrogen-bond acceptors (Lipinski definition) is 4. The SMILES string of the molecule is OCC1(Nc2ncnc3c2CCCCC3)CCCCC1. The van der Waals surface area contributed by atoms with Gasteiger partial charge in [0.05, 0.1) is 12.1 Å². The fraction of sp³-hybridized carbons (Fsp3) is 0.750. The van der Waals surface area contributed by atoms with Crippen LogP contribution in [-0.4, -0.2) is 27.2 Å². The Balaban J connectivity index is 1.86. The molecule has 20 heavy (non-hydrogen) atoms. The Hall–Kier alpha value is -1.16. The van der Waals surface area contributed by atoms with Crippen LogP contribution in [0.4, 0.5) is 5.82 Å². The first kappa shape index (κ1) is 13.8. The molecule has 1 aromatic rings. The molecule has 4 nitrogen and oxygen atoms in total. The van der Waals surface area contributed by atoms with Gasteiger partial charge in [0.1, 0.15) is 12.1 Å². The van der Waals surface area contributed by atoms with Crippen LogP contribution in [0.15, 0.2) is 6.33 Å². The minimum Gasteiger partial charge on any atom is -0.394 e. The van der Waals surface area contributed by atoms with E-state index in [9.17, 15) is 5.11 Å². The number of nitrogens with one attached hydrogen (secondary N) is 1. The molecular formula is C16H25N3O. The molecule has 0 unspecified atom stereocenters. The van der Waals surface area contributed by atoms with Gasteiger partial charge in [-0.3, -0.25) is 0 Å². The number of aromatic nitrogens is 2. The Bertz CT molecular complexity index is 455. The van der Waals surface area contributed by atoms with Crippen molar-refractivity contribution in [3.05, 3.63) is 17.6 Å². The fourth-order valence-corrected chi connectivity index (χ4v) is 3.61. The van der Waals surface area contributed by atoms with Crippen LogP contribution in [0.25, 0.3) is 0 Å². The Morgan fingerprint density at radius 3 is 2.55 bits per heavy atom. The Kier molecular flexibility index (Phi) is 4.20. The number of nitrogens with zero attached hydrogens (tertiary/aromatic N) is 2. The van der Waals surface area contributed by atoms with Crippen molar-refractivity contribution in [2.24, 2.45) is 0 Å². The maximum Gasteiger partial charge on any atom is 0.133 e. The van der Waals surface area contributed by atoms with Gasteiger partial charge in [0.2, 0.25) is 0 Å². The molecule has 1 saturated carbocycles. The van der Waals surface area contributed by atoms with Crippen molar-refractivity contribution in [3.8, 4) is 0 Å². The zero-order valence-electron chi connectivity index (χ0n) is 12.2. The molecule has 0 saturated heterocycles. The monoisotopic (exact) mass is 275 g/mol. The van der Waals surface area contributed by atoms with Gasteiger partial charge in [0.15, 0.2) is 0 Å². The summed E-state index contributed by atoms with van der Waals surface area (Å²) in [7, 11) is 0. The van der Waals surface area contributed by atoms with Gasteiger partial charge < -0.3 is 10.4 Å². The van der Waals surface area contributed by atoms with E-state index in [4.69, 9.17) is 0 Å². The molecule has 110 valence electrons. The highest BCUT2D eigenvalue weighted by atomic mass is 16.3. The standard InChI is InChI=1S/C16H25N3O/c20-11-16(9-5-2-6-10-16)19-15-13-7-3-1-4-8-14(13)17-12-18-15/h12,20H,1-11H2,(H,17,18,19). The first-order valence-electron chi connectivity index (χ1n) is 8.05. The van der Waals surface area contributed by atoms with E-state index in [0.29, 0.717) is 0 Å². The molecular weight excluding hydrogens is 250 g/mol. The number of aliphatic hydroxyl groups is 1. The van der Waals surface area contributed by atoms with Gasteiger partial charge in [-0.15, -0.1) is 0 Å². The second-order valence-corrected chi connectivity index (χ2v) is 6.33. The highest BCUT2D eigenvalue weighted by Gasteiger charge is 2.32. The van der Waals surface area contributed by atoms with Crippen molar-refractivity contribution in [1.29, 1.82) is 0 Å². The second-order valence-electron chi connectivity index (χ2n) is 6.33. The lowest BCUT2D eigenvalue weighted by Crippen LogP contribution is -2.44. The van der Waals surface area contributed by atoms with Gasteiger partial charge in [-0.05, 0) is 38.5 Å². The van der Waals surface area contributed by atoms with Crippen molar-refractivity contribution >= 4 is 5.82 Å². The van der Waals surface area contributed by atoms with Crippen LogP contribution in [0.2, 0.25) is 0 Å². The van der Waals surface area contributed by atoms with Crippen LogP contribution >= 0.6 is 0 Å². The van der Waals surface area contributed by atoms with Crippen molar-refractivity contribution < 1.29 is 5.11 Å². The molecule has 3 rings (SSSR count). The quantitative estimate of drug-likeness (QED) is 0.833. The summed E-state index contributed by atoms with van der Waals surface area (Å²) >= 11 is 0. The molecule has 1 aromatic heterocycles. The summed E-state index contributed by atoms with van der Waals surface area (Å²) < 4.78 is 0. The maximum absolute atomic E-state index is 9.86. The fourth-order valence-electron chi connectivity index (χ4n) is 3.61. The van der Waals surface area contributed by atoms with Crippen molar-refractivity contribution in [1.82, 2.24) is 9.97 Å². The van der Waals surface area contributed by atoms with E-state index in [1.54, 1.807) is 6.33 Å². The molecule has 0 amide bonds. The Morgan fingerprint density at radius 2 is 1.75 bits per heavy atom.